The second-order valence-electron chi connectivity index (χ2n) is 7.60. The number of likely N-dealkylation sites (tertiary alicyclic amines) is 1. The summed E-state index contributed by atoms with van der Waals surface area (Å²) in [5, 5.41) is 12.4. The fourth-order valence-corrected chi connectivity index (χ4v) is 3.14. The van der Waals surface area contributed by atoms with Crippen molar-refractivity contribution in [3.63, 3.8) is 0 Å². The van der Waals surface area contributed by atoms with Crippen LogP contribution in [0.25, 0.3) is 0 Å². The van der Waals surface area contributed by atoms with Gasteiger partial charge < -0.3 is 15.3 Å². The summed E-state index contributed by atoms with van der Waals surface area (Å²) in [6, 6.07) is 6.25. The van der Waals surface area contributed by atoms with Crippen molar-refractivity contribution in [2.75, 3.05) is 13.1 Å². The first-order chi connectivity index (χ1) is 11.8. The van der Waals surface area contributed by atoms with Crippen LogP contribution in [0.4, 0.5) is 0 Å². The first kappa shape index (κ1) is 19.3. The molecule has 1 aromatic rings. The number of benzene rings is 1. The maximum Gasteiger partial charge on any atom is 0.245 e. The van der Waals surface area contributed by atoms with Gasteiger partial charge in [-0.15, -0.1) is 0 Å². The van der Waals surface area contributed by atoms with Crippen molar-refractivity contribution >= 4 is 11.8 Å². The molecule has 138 valence electrons. The molecule has 1 atom stereocenters. The molecule has 0 spiro atoms. The van der Waals surface area contributed by atoms with E-state index in [2.05, 4.69) is 12.2 Å². The van der Waals surface area contributed by atoms with Gasteiger partial charge in [-0.05, 0) is 42.4 Å². The van der Waals surface area contributed by atoms with Crippen molar-refractivity contribution in [3.8, 4) is 5.75 Å². The first-order valence-electron chi connectivity index (χ1n) is 9.21. The zero-order chi connectivity index (χ0) is 18.4. The van der Waals surface area contributed by atoms with Crippen LogP contribution in [0, 0.1) is 11.8 Å². The van der Waals surface area contributed by atoms with Crippen LogP contribution >= 0.6 is 0 Å². The van der Waals surface area contributed by atoms with Gasteiger partial charge in [-0.2, -0.15) is 0 Å². The monoisotopic (exact) mass is 346 g/mol. The smallest absolute Gasteiger partial charge is 0.245 e. The molecule has 1 aliphatic rings. The van der Waals surface area contributed by atoms with Crippen LogP contribution < -0.4 is 5.32 Å². The second-order valence-corrected chi connectivity index (χ2v) is 7.60. The van der Waals surface area contributed by atoms with E-state index in [0.29, 0.717) is 18.8 Å². The van der Waals surface area contributed by atoms with E-state index < -0.39 is 6.04 Å². The van der Waals surface area contributed by atoms with Crippen LogP contribution in [0.3, 0.4) is 0 Å². The fourth-order valence-electron chi connectivity index (χ4n) is 3.14. The highest BCUT2D eigenvalue weighted by atomic mass is 16.3. The molecule has 1 saturated heterocycles. The number of piperidine rings is 1. The molecule has 0 unspecified atom stereocenters. The van der Waals surface area contributed by atoms with E-state index >= 15 is 0 Å². The molecule has 5 nitrogen and oxygen atoms in total. The molecule has 1 aliphatic heterocycles. The summed E-state index contributed by atoms with van der Waals surface area (Å²) in [5.41, 5.74) is 0.923. The van der Waals surface area contributed by atoms with Crippen LogP contribution in [0.1, 0.15) is 45.6 Å². The Morgan fingerprint density at radius 3 is 2.36 bits per heavy atom. The molecular weight excluding hydrogens is 316 g/mol. The quantitative estimate of drug-likeness (QED) is 0.832. The number of hydrogen-bond acceptors (Lipinski definition) is 3. The molecular formula is C20H30N2O3. The Morgan fingerprint density at radius 2 is 1.80 bits per heavy atom. The summed E-state index contributed by atoms with van der Waals surface area (Å²) in [6.07, 6.45) is 2.88. The number of carbonyl (C=O) groups is 2. The highest BCUT2D eigenvalue weighted by Gasteiger charge is 2.28. The Labute approximate surface area is 150 Å². The van der Waals surface area contributed by atoms with Gasteiger partial charge in [0.25, 0.3) is 0 Å². The third-order valence-electron chi connectivity index (χ3n) is 4.70. The van der Waals surface area contributed by atoms with Crippen molar-refractivity contribution in [1.82, 2.24) is 10.2 Å². The topological polar surface area (TPSA) is 69.6 Å². The highest BCUT2D eigenvalue weighted by Crippen LogP contribution is 2.18. The highest BCUT2D eigenvalue weighted by molar-refractivity contribution is 5.88. The molecule has 0 aromatic heterocycles. The van der Waals surface area contributed by atoms with Gasteiger partial charge in [0, 0.05) is 25.9 Å². The van der Waals surface area contributed by atoms with Crippen LogP contribution in [-0.2, 0) is 16.0 Å². The number of phenols is 1. The summed E-state index contributed by atoms with van der Waals surface area (Å²) < 4.78 is 0. The summed E-state index contributed by atoms with van der Waals surface area (Å²) in [5.74, 6) is 1.01. The normalized spacial score (nSPS) is 16.7. The van der Waals surface area contributed by atoms with Gasteiger partial charge in [-0.3, -0.25) is 9.59 Å². The lowest BCUT2D eigenvalue weighted by Gasteiger charge is -2.33. The molecule has 25 heavy (non-hydrogen) atoms. The van der Waals surface area contributed by atoms with Crippen LogP contribution in [-0.4, -0.2) is 41.0 Å². The molecule has 0 bridgehead atoms. The molecule has 0 saturated carbocycles. The van der Waals surface area contributed by atoms with Gasteiger partial charge in [0.1, 0.15) is 11.8 Å². The number of rotatable bonds is 6. The minimum absolute atomic E-state index is 0.00270. The van der Waals surface area contributed by atoms with Gasteiger partial charge in [0.2, 0.25) is 11.8 Å². The lowest BCUT2D eigenvalue weighted by Crippen LogP contribution is -2.51. The molecule has 1 heterocycles. The van der Waals surface area contributed by atoms with Crippen LogP contribution in [0.15, 0.2) is 24.3 Å². The molecule has 5 heteroatoms. The van der Waals surface area contributed by atoms with Gasteiger partial charge in [-0.25, -0.2) is 0 Å². The minimum atomic E-state index is -0.552. The van der Waals surface area contributed by atoms with Crippen molar-refractivity contribution < 1.29 is 14.7 Å². The van der Waals surface area contributed by atoms with Crippen molar-refractivity contribution in [2.45, 2.75) is 52.5 Å². The molecule has 1 fully saturated rings. The Kier molecular flexibility index (Phi) is 6.85. The lowest BCUT2D eigenvalue weighted by atomic mass is 9.97. The number of nitrogens with one attached hydrogen (secondary N) is 1. The fraction of sp³-hybridized carbons (Fsp3) is 0.600. The minimum Gasteiger partial charge on any atom is -0.508 e. The molecule has 0 radical (unpaired) electrons. The summed E-state index contributed by atoms with van der Waals surface area (Å²) in [4.78, 5) is 27.1. The van der Waals surface area contributed by atoms with Gasteiger partial charge in [0.05, 0.1) is 0 Å². The second kappa shape index (κ2) is 8.88. The maximum absolute atomic E-state index is 13.0. The van der Waals surface area contributed by atoms with E-state index in [4.69, 9.17) is 0 Å². The Bertz CT molecular complexity index is 575. The van der Waals surface area contributed by atoms with E-state index in [9.17, 15) is 14.7 Å². The van der Waals surface area contributed by atoms with E-state index in [1.54, 1.807) is 24.3 Å². The molecule has 2 N–H and O–H groups in total. The van der Waals surface area contributed by atoms with Gasteiger partial charge in [-0.1, -0.05) is 32.9 Å². The van der Waals surface area contributed by atoms with Gasteiger partial charge in [0.15, 0.2) is 0 Å². The largest absolute Gasteiger partial charge is 0.508 e. The first-order valence-corrected chi connectivity index (χ1v) is 9.21. The molecule has 1 aromatic carbocycles. The standard InChI is InChI=1S/C20H30N2O3/c1-14(2)12-19(24)21-18(13-16-4-6-17(23)7-5-16)20(25)22-10-8-15(3)9-11-22/h4-7,14-15,18,23H,8-13H2,1-3H3,(H,21,24)/t18-/m0/s1. The van der Waals surface area contributed by atoms with Crippen LogP contribution in [0.2, 0.25) is 0 Å². The van der Waals surface area contributed by atoms with Crippen molar-refractivity contribution in [2.24, 2.45) is 11.8 Å². The van der Waals surface area contributed by atoms with Crippen molar-refractivity contribution in [1.29, 1.82) is 0 Å². The number of nitrogens with zero attached hydrogens (tertiary/aromatic N) is 1. The number of carbonyl (C=O) groups excluding carboxylic acids is 2. The lowest BCUT2D eigenvalue weighted by molar-refractivity contribution is -0.137. The van der Waals surface area contributed by atoms with E-state index in [-0.39, 0.29) is 23.5 Å². The van der Waals surface area contributed by atoms with E-state index in [1.165, 1.54) is 0 Å². The summed E-state index contributed by atoms with van der Waals surface area (Å²) in [6.45, 7) is 7.70. The van der Waals surface area contributed by atoms with Gasteiger partial charge >= 0.3 is 0 Å². The molecule has 0 aliphatic carbocycles. The predicted octanol–water partition coefficient (Wildman–Crippen LogP) is 2.72. The molecule has 2 rings (SSSR count). The average molecular weight is 346 g/mol. The predicted molar refractivity (Wildman–Crippen MR) is 98.2 cm³/mol. The zero-order valence-electron chi connectivity index (χ0n) is 15.5. The number of phenolic OH excluding ortho intramolecular Hbond substituents is 1. The SMILES string of the molecule is CC(C)CC(=O)N[C@@H](Cc1ccc(O)cc1)C(=O)N1CCC(C)CC1. The number of amides is 2. The summed E-state index contributed by atoms with van der Waals surface area (Å²) in [7, 11) is 0. The third-order valence-corrected chi connectivity index (χ3v) is 4.70. The third kappa shape index (κ3) is 6.07. The Morgan fingerprint density at radius 1 is 1.20 bits per heavy atom. The van der Waals surface area contributed by atoms with Crippen LogP contribution in [0.5, 0.6) is 5.75 Å². The summed E-state index contributed by atoms with van der Waals surface area (Å²) >= 11 is 0. The number of aromatic hydroxyl groups is 1. The Balaban J connectivity index is 2.08. The van der Waals surface area contributed by atoms with Crippen molar-refractivity contribution in [3.05, 3.63) is 29.8 Å². The molecule has 2 amide bonds. The van der Waals surface area contributed by atoms with E-state index in [0.717, 1.165) is 31.5 Å². The van der Waals surface area contributed by atoms with E-state index in [1.807, 2.05) is 18.7 Å². The number of hydrogen-bond donors (Lipinski definition) is 2. The average Bonchev–Trinajstić information content (AvgIpc) is 2.55. The zero-order valence-corrected chi connectivity index (χ0v) is 15.5. The maximum atomic E-state index is 13.0. The Hall–Kier alpha value is -2.04.